The fourth-order valence-corrected chi connectivity index (χ4v) is 4.31. The van der Waals surface area contributed by atoms with E-state index < -0.39 is 5.97 Å². The summed E-state index contributed by atoms with van der Waals surface area (Å²) >= 11 is 5.94. The molecule has 0 amide bonds. The number of halogens is 1. The van der Waals surface area contributed by atoms with Crippen molar-refractivity contribution in [3.8, 4) is 0 Å². The average molecular weight is 484 g/mol. The number of benzene rings is 2. The second kappa shape index (κ2) is 12.0. The van der Waals surface area contributed by atoms with Crippen LogP contribution in [0, 0.1) is 0 Å². The summed E-state index contributed by atoms with van der Waals surface area (Å²) in [5.41, 5.74) is 10.4. The Bertz CT molecular complexity index is 1020. The number of piperazine rings is 1. The molecule has 2 aromatic rings. The summed E-state index contributed by atoms with van der Waals surface area (Å²) < 4.78 is 0. The van der Waals surface area contributed by atoms with Gasteiger partial charge in [-0.25, -0.2) is 0 Å². The molecule has 0 bridgehead atoms. The van der Waals surface area contributed by atoms with E-state index in [2.05, 4.69) is 27.0 Å². The lowest BCUT2D eigenvalue weighted by atomic mass is 9.96. The first-order valence-corrected chi connectivity index (χ1v) is 11.8. The topological polar surface area (TPSA) is 89.4 Å². The molecule has 8 nitrogen and oxygen atoms in total. The van der Waals surface area contributed by atoms with Crippen molar-refractivity contribution >= 4 is 29.4 Å². The Morgan fingerprint density at radius 2 is 1.88 bits per heavy atom. The molecule has 1 saturated heterocycles. The standard InChI is InChI=1S/C25H30ClN5O3/c26-21-7-5-19(6-8-21)9-10-27-28-15-20-3-1-2-4-22(20)23-16-29-34-24(23)17-30-11-13-31(14-12-30)18-25(32)33/h1-8,15-16,24,27,29H,9-14,17-18H2,(H,32,33). The second-order valence-electron chi connectivity index (χ2n) is 8.42. The van der Waals surface area contributed by atoms with Gasteiger partial charge in [0.2, 0.25) is 0 Å². The van der Waals surface area contributed by atoms with E-state index in [0.29, 0.717) is 0 Å². The van der Waals surface area contributed by atoms with Crippen LogP contribution >= 0.6 is 11.6 Å². The molecule has 0 spiro atoms. The highest BCUT2D eigenvalue weighted by Gasteiger charge is 2.28. The number of hydrogen-bond acceptors (Lipinski definition) is 7. The van der Waals surface area contributed by atoms with Gasteiger partial charge in [-0.1, -0.05) is 48.0 Å². The number of carboxylic acids is 1. The molecule has 1 fully saturated rings. The molecule has 2 heterocycles. The lowest BCUT2D eigenvalue weighted by Gasteiger charge is -2.35. The normalized spacial score (nSPS) is 19.2. The molecule has 34 heavy (non-hydrogen) atoms. The Hall–Kier alpha value is -2.91. The number of nitrogens with one attached hydrogen (secondary N) is 2. The third-order valence-corrected chi connectivity index (χ3v) is 6.28. The number of nitrogens with zero attached hydrogens (tertiary/aromatic N) is 3. The maximum Gasteiger partial charge on any atom is 0.317 e. The predicted octanol–water partition coefficient (Wildman–Crippen LogP) is 2.45. The summed E-state index contributed by atoms with van der Waals surface area (Å²) in [7, 11) is 0. The van der Waals surface area contributed by atoms with Crippen LogP contribution in [-0.2, 0) is 16.1 Å². The largest absolute Gasteiger partial charge is 0.480 e. The van der Waals surface area contributed by atoms with Crippen LogP contribution in [0.1, 0.15) is 16.7 Å². The summed E-state index contributed by atoms with van der Waals surface area (Å²) in [5, 5.41) is 14.2. The molecular formula is C25H30ClN5O3. The average Bonchev–Trinajstić information content (AvgIpc) is 3.29. The zero-order valence-electron chi connectivity index (χ0n) is 19.0. The van der Waals surface area contributed by atoms with E-state index in [4.69, 9.17) is 21.5 Å². The summed E-state index contributed by atoms with van der Waals surface area (Å²) in [6, 6.07) is 16.0. The molecule has 2 aliphatic heterocycles. The monoisotopic (exact) mass is 483 g/mol. The fourth-order valence-electron chi connectivity index (χ4n) is 4.18. The van der Waals surface area contributed by atoms with E-state index in [9.17, 15) is 4.79 Å². The molecular weight excluding hydrogens is 454 g/mol. The van der Waals surface area contributed by atoms with Gasteiger partial charge in [-0.15, -0.1) is 0 Å². The van der Waals surface area contributed by atoms with Crippen LogP contribution in [-0.4, -0.2) is 79.0 Å². The van der Waals surface area contributed by atoms with Gasteiger partial charge in [0.15, 0.2) is 0 Å². The number of carboxylic acid groups (broad SMARTS) is 1. The zero-order valence-corrected chi connectivity index (χ0v) is 19.7. The molecule has 2 aliphatic rings. The first-order chi connectivity index (χ1) is 16.6. The van der Waals surface area contributed by atoms with Gasteiger partial charge in [0.05, 0.1) is 12.8 Å². The molecule has 1 atom stereocenters. The Morgan fingerprint density at radius 1 is 1.15 bits per heavy atom. The van der Waals surface area contributed by atoms with Gasteiger partial charge < -0.3 is 10.5 Å². The third kappa shape index (κ3) is 6.80. The number of hydrazone groups is 1. The lowest BCUT2D eigenvalue weighted by Crippen LogP contribution is -2.50. The quantitative estimate of drug-likeness (QED) is 0.272. The van der Waals surface area contributed by atoms with Gasteiger partial charge in [0.25, 0.3) is 0 Å². The van der Waals surface area contributed by atoms with Crippen LogP contribution in [0.3, 0.4) is 0 Å². The van der Waals surface area contributed by atoms with Gasteiger partial charge in [-0.2, -0.15) is 5.10 Å². The van der Waals surface area contributed by atoms with Crippen molar-refractivity contribution in [2.75, 3.05) is 45.8 Å². The molecule has 3 N–H and O–H groups in total. The van der Waals surface area contributed by atoms with Crippen molar-refractivity contribution in [2.24, 2.45) is 5.10 Å². The first kappa shape index (κ1) is 24.2. The van der Waals surface area contributed by atoms with E-state index in [1.807, 2.05) is 59.8 Å². The van der Waals surface area contributed by atoms with Crippen molar-refractivity contribution < 1.29 is 14.7 Å². The smallest absolute Gasteiger partial charge is 0.317 e. The zero-order chi connectivity index (χ0) is 23.8. The number of aliphatic carboxylic acids is 1. The second-order valence-corrected chi connectivity index (χ2v) is 8.86. The summed E-state index contributed by atoms with van der Waals surface area (Å²) in [6.45, 7) is 4.70. The van der Waals surface area contributed by atoms with Crippen molar-refractivity contribution in [1.82, 2.24) is 20.7 Å². The first-order valence-electron chi connectivity index (χ1n) is 11.5. The van der Waals surface area contributed by atoms with Crippen LogP contribution in [0.2, 0.25) is 5.02 Å². The SMILES string of the molecule is O=C(O)CN1CCN(CC2ONC=C2c2ccccc2C=NNCCc2ccc(Cl)cc2)CC1. The van der Waals surface area contributed by atoms with Crippen molar-refractivity contribution in [3.05, 3.63) is 76.4 Å². The van der Waals surface area contributed by atoms with E-state index in [-0.39, 0.29) is 12.6 Å². The van der Waals surface area contributed by atoms with Gasteiger partial charge >= 0.3 is 5.97 Å². The fraction of sp³-hybridized carbons (Fsp3) is 0.360. The predicted molar refractivity (Wildman–Crippen MR) is 134 cm³/mol. The van der Waals surface area contributed by atoms with Crippen molar-refractivity contribution in [1.29, 1.82) is 0 Å². The van der Waals surface area contributed by atoms with Crippen LogP contribution in [0.15, 0.2) is 59.8 Å². The van der Waals surface area contributed by atoms with Crippen molar-refractivity contribution in [3.63, 3.8) is 0 Å². The molecule has 2 aromatic carbocycles. The van der Waals surface area contributed by atoms with Crippen molar-refractivity contribution in [2.45, 2.75) is 12.5 Å². The summed E-state index contributed by atoms with van der Waals surface area (Å²) in [5.74, 6) is -0.778. The van der Waals surface area contributed by atoms with Gasteiger partial charge in [0.1, 0.15) is 6.10 Å². The van der Waals surface area contributed by atoms with Crippen LogP contribution in [0.25, 0.3) is 5.57 Å². The molecule has 1 unspecified atom stereocenters. The minimum Gasteiger partial charge on any atom is -0.480 e. The molecule has 180 valence electrons. The van der Waals surface area contributed by atoms with Crippen LogP contribution in [0.4, 0.5) is 0 Å². The molecule has 0 saturated carbocycles. The Kier molecular flexibility index (Phi) is 8.54. The molecule has 0 aliphatic carbocycles. The van der Waals surface area contributed by atoms with Crippen LogP contribution in [0.5, 0.6) is 0 Å². The van der Waals surface area contributed by atoms with E-state index in [1.165, 1.54) is 5.56 Å². The Morgan fingerprint density at radius 3 is 2.65 bits per heavy atom. The van der Waals surface area contributed by atoms with Crippen LogP contribution < -0.4 is 10.9 Å². The molecule has 4 rings (SSSR count). The minimum atomic E-state index is -0.778. The summed E-state index contributed by atoms with van der Waals surface area (Å²) in [6.07, 6.45) is 4.50. The number of carbonyl (C=O) groups is 1. The number of hydroxylamine groups is 1. The third-order valence-electron chi connectivity index (χ3n) is 6.02. The Labute approximate surface area is 204 Å². The maximum atomic E-state index is 10.9. The maximum absolute atomic E-state index is 10.9. The highest BCUT2D eigenvalue weighted by molar-refractivity contribution is 6.30. The molecule has 0 aromatic heterocycles. The van der Waals surface area contributed by atoms with Gasteiger partial charge in [-0.05, 0) is 29.7 Å². The highest BCUT2D eigenvalue weighted by atomic mass is 35.5. The van der Waals surface area contributed by atoms with Gasteiger partial charge in [0, 0.05) is 61.6 Å². The molecule has 9 heteroatoms. The highest BCUT2D eigenvalue weighted by Crippen LogP contribution is 2.27. The van der Waals surface area contributed by atoms with E-state index in [0.717, 1.165) is 67.4 Å². The number of rotatable bonds is 10. The molecule has 0 radical (unpaired) electrons. The number of hydrogen-bond donors (Lipinski definition) is 3. The summed E-state index contributed by atoms with van der Waals surface area (Å²) in [4.78, 5) is 21.0. The lowest BCUT2D eigenvalue weighted by molar-refractivity contribution is -0.138. The Balaban J connectivity index is 1.31. The van der Waals surface area contributed by atoms with Gasteiger partial charge in [-0.3, -0.25) is 24.9 Å². The van der Waals surface area contributed by atoms with E-state index in [1.54, 1.807) is 0 Å². The minimum absolute atomic E-state index is 0.0981. The van der Waals surface area contributed by atoms with E-state index >= 15 is 0 Å².